The van der Waals surface area contributed by atoms with Gasteiger partial charge < -0.3 is 10.4 Å². The zero-order valence-electron chi connectivity index (χ0n) is 11.4. The maximum atomic E-state index is 9.24. The summed E-state index contributed by atoms with van der Waals surface area (Å²) >= 11 is 0. The fourth-order valence-electron chi connectivity index (χ4n) is 1.37. The molecule has 0 aliphatic carbocycles. The normalized spacial score (nSPS) is 11.4. The first-order chi connectivity index (χ1) is 9.54. The molecule has 0 aliphatic heterocycles. The van der Waals surface area contributed by atoms with E-state index in [9.17, 15) is 5.11 Å². The number of nitrogens with one attached hydrogen (secondary N) is 2. The molecule has 2 rings (SSSR count). The van der Waals surface area contributed by atoms with Crippen LogP contribution in [0.3, 0.4) is 0 Å². The van der Waals surface area contributed by atoms with Gasteiger partial charge in [0.15, 0.2) is 0 Å². The van der Waals surface area contributed by atoms with Crippen molar-refractivity contribution in [3.05, 3.63) is 18.5 Å². The molecule has 0 aliphatic rings. The van der Waals surface area contributed by atoms with Gasteiger partial charge in [0, 0.05) is 31.0 Å². The number of rotatable bonds is 6. The van der Waals surface area contributed by atoms with Crippen LogP contribution >= 0.6 is 0 Å². The number of nitrogen functional groups attached to an aromatic ring is 1. The van der Waals surface area contributed by atoms with Crippen LogP contribution in [-0.2, 0) is 0 Å². The minimum atomic E-state index is -0.283. The van der Waals surface area contributed by atoms with Gasteiger partial charge in [-0.2, -0.15) is 20.1 Å². The van der Waals surface area contributed by atoms with Crippen molar-refractivity contribution >= 4 is 11.9 Å². The molecule has 2 aromatic heterocycles. The minimum Gasteiger partial charge on any atom is -0.396 e. The monoisotopic (exact) mass is 278 g/mol. The van der Waals surface area contributed by atoms with E-state index in [0.29, 0.717) is 18.4 Å². The lowest BCUT2D eigenvalue weighted by Gasteiger charge is -2.21. The molecule has 0 saturated heterocycles. The van der Waals surface area contributed by atoms with Crippen LogP contribution in [0.25, 0.3) is 5.95 Å². The van der Waals surface area contributed by atoms with Crippen LogP contribution in [0.15, 0.2) is 18.5 Å². The number of nitrogens with two attached hydrogens (primary N) is 1. The molecule has 0 aromatic carbocycles. The summed E-state index contributed by atoms with van der Waals surface area (Å²) in [6, 6.07) is 1.77. The molecular formula is C11H18N8O. The van der Waals surface area contributed by atoms with Crippen molar-refractivity contribution in [2.24, 2.45) is 11.3 Å². The average Bonchev–Trinajstić information content (AvgIpc) is 2.99. The zero-order chi connectivity index (χ0) is 14.6. The second-order valence-corrected chi connectivity index (χ2v) is 5.05. The molecule has 0 unspecified atom stereocenters. The summed E-state index contributed by atoms with van der Waals surface area (Å²) in [6.45, 7) is 4.42. The van der Waals surface area contributed by atoms with E-state index in [1.165, 1.54) is 4.68 Å². The van der Waals surface area contributed by atoms with Crippen LogP contribution in [0.5, 0.6) is 0 Å². The highest BCUT2D eigenvalue weighted by Gasteiger charge is 2.17. The zero-order valence-corrected chi connectivity index (χ0v) is 11.4. The molecule has 0 saturated carbocycles. The van der Waals surface area contributed by atoms with Gasteiger partial charge in [-0.25, -0.2) is 10.5 Å². The summed E-state index contributed by atoms with van der Waals surface area (Å²) in [5, 5.41) is 16.3. The second kappa shape index (κ2) is 5.80. The number of hydrogen-bond donors (Lipinski definition) is 4. The van der Waals surface area contributed by atoms with Crippen molar-refractivity contribution in [3.8, 4) is 5.95 Å². The van der Waals surface area contributed by atoms with Gasteiger partial charge in [0.1, 0.15) is 0 Å². The summed E-state index contributed by atoms with van der Waals surface area (Å²) in [5.41, 5.74) is 2.11. The van der Waals surface area contributed by atoms with Crippen LogP contribution in [0.4, 0.5) is 11.9 Å². The lowest BCUT2D eigenvalue weighted by molar-refractivity contribution is 0.170. The van der Waals surface area contributed by atoms with Gasteiger partial charge >= 0.3 is 0 Å². The Kier molecular flexibility index (Phi) is 4.11. The Morgan fingerprint density at radius 3 is 2.65 bits per heavy atom. The van der Waals surface area contributed by atoms with Crippen molar-refractivity contribution < 1.29 is 5.11 Å². The quantitative estimate of drug-likeness (QED) is 0.421. The molecule has 0 radical (unpaired) electrons. The van der Waals surface area contributed by atoms with Gasteiger partial charge in [-0.1, -0.05) is 13.8 Å². The van der Waals surface area contributed by atoms with Crippen LogP contribution in [0.1, 0.15) is 13.8 Å². The average molecular weight is 278 g/mol. The molecule has 9 nitrogen and oxygen atoms in total. The van der Waals surface area contributed by atoms with Crippen molar-refractivity contribution in [1.82, 2.24) is 24.7 Å². The van der Waals surface area contributed by atoms with E-state index in [4.69, 9.17) is 5.84 Å². The van der Waals surface area contributed by atoms with Gasteiger partial charge in [0.25, 0.3) is 5.95 Å². The highest BCUT2D eigenvalue weighted by atomic mass is 16.3. The first kappa shape index (κ1) is 14.2. The molecule has 0 spiro atoms. The third-order valence-corrected chi connectivity index (χ3v) is 2.62. The molecule has 0 amide bonds. The maximum absolute atomic E-state index is 9.24. The highest BCUT2D eigenvalue weighted by Crippen LogP contribution is 2.15. The number of hydrazine groups is 1. The third-order valence-electron chi connectivity index (χ3n) is 2.62. The molecular weight excluding hydrogens is 260 g/mol. The highest BCUT2D eigenvalue weighted by molar-refractivity contribution is 5.37. The molecule has 0 atom stereocenters. The molecule has 108 valence electrons. The fourth-order valence-corrected chi connectivity index (χ4v) is 1.37. The molecule has 0 bridgehead atoms. The molecule has 20 heavy (non-hydrogen) atoms. The van der Waals surface area contributed by atoms with Gasteiger partial charge in [0.05, 0.1) is 0 Å². The van der Waals surface area contributed by atoms with Crippen LogP contribution < -0.4 is 16.6 Å². The topological polar surface area (TPSA) is 127 Å². The standard InChI is InChI=1S/C11H18N8O/c1-11(2,7-20)6-13-8-15-9(18-12)17-10(16-8)19-5-3-4-14-19/h3-5,20H,6-7,12H2,1-2H3,(H2,13,15,16,17,18). The van der Waals surface area contributed by atoms with Crippen molar-refractivity contribution in [2.45, 2.75) is 13.8 Å². The Morgan fingerprint density at radius 1 is 1.30 bits per heavy atom. The molecule has 9 heteroatoms. The number of aliphatic hydroxyl groups excluding tert-OH is 1. The second-order valence-electron chi connectivity index (χ2n) is 5.05. The van der Waals surface area contributed by atoms with Crippen LogP contribution in [-0.4, -0.2) is 43.0 Å². The van der Waals surface area contributed by atoms with Crippen LogP contribution in [0, 0.1) is 5.41 Å². The molecule has 2 aromatic rings. The number of aliphatic hydroxyl groups is 1. The van der Waals surface area contributed by atoms with E-state index in [1.54, 1.807) is 18.5 Å². The predicted molar refractivity (Wildman–Crippen MR) is 74.1 cm³/mol. The van der Waals surface area contributed by atoms with Gasteiger partial charge in [-0.15, -0.1) is 0 Å². The maximum Gasteiger partial charge on any atom is 0.257 e. The van der Waals surface area contributed by atoms with Gasteiger partial charge in [-0.05, 0) is 6.07 Å². The molecule has 2 heterocycles. The predicted octanol–water partition coefficient (Wildman–Crippen LogP) is -0.227. The SMILES string of the molecule is CC(C)(CO)CNc1nc(NN)nc(-n2cccn2)n1. The Hall–Kier alpha value is -2.26. The van der Waals surface area contributed by atoms with Crippen molar-refractivity contribution in [1.29, 1.82) is 0 Å². The summed E-state index contributed by atoms with van der Waals surface area (Å²) in [7, 11) is 0. The first-order valence-corrected chi connectivity index (χ1v) is 6.11. The Bertz CT molecular complexity index is 554. The Labute approximate surface area is 116 Å². The lowest BCUT2D eigenvalue weighted by atomic mass is 9.95. The summed E-state index contributed by atoms with van der Waals surface area (Å²) in [5.74, 6) is 6.29. The largest absolute Gasteiger partial charge is 0.396 e. The third kappa shape index (κ3) is 3.39. The van der Waals surface area contributed by atoms with E-state index < -0.39 is 0 Å². The number of hydrogen-bond acceptors (Lipinski definition) is 8. The summed E-state index contributed by atoms with van der Waals surface area (Å²) < 4.78 is 1.50. The smallest absolute Gasteiger partial charge is 0.257 e. The Balaban J connectivity index is 2.23. The molecule has 5 N–H and O–H groups in total. The number of aromatic nitrogens is 5. The summed E-state index contributed by atoms with van der Waals surface area (Å²) in [6.07, 6.45) is 3.35. The summed E-state index contributed by atoms with van der Waals surface area (Å²) in [4.78, 5) is 12.5. The van der Waals surface area contributed by atoms with Crippen molar-refractivity contribution in [3.63, 3.8) is 0 Å². The minimum absolute atomic E-state index is 0.0547. The van der Waals surface area contributed by atoms with E-state index in [1.807, 2.05) is 13.8 Å². The fraction of sp³-hybridized carbons (Fsp3) is 0.455. The van der Waals surface area contributed by atoms with Crippen molar-refractivity contribution in [2.75, 3.05) is 23.9 Å². The first-order valence-electron chi connectivity index (χ1n) is 6.11. The lowest BCUT2D eigenvalue weighted by Crippen LogP contribution is -2.28. The van der Waals surface area contributed by atoms with Gasteiger partial charge in [0.2, 0.25) is 11.9 Å². The van der Waals surface area contributed by atoms with Gasteiger partial charge in [-0.3, -0.25) is 5.43 Å². The van der Waals surface area contributed by atoms with E-state index in [0.717, 1.165) is 0 Å². The molecule has 0 fully saturated rings. The van der Waals surface area contributed by atoms with E-state index in [-0.39, 0.29) is 18.0 Å². The van der Waals surface area contributed by atoms with Crippen LogP contribution in [0.2, 0.25) is 0 Å². The van der Waals surface area contributed by atoms with E-state index >= 15 is 0 Å². The number of nitrogens with zero attached hydrogens (tertiary/aromatic N) is 5. The Morgan fingerprint density at radius 2 is 2.05 bits per heavy atom. The number of anilines is 2. The van der Waals surface area contributed by atoms with E-state index in [2.05, 4.69) is 30.8 Å².